The fourth-order valence-corrected chi connectivity index (χ4v) is 2.90. The largest absolute Gasteiger partial charge is 0.353 e. The van der Waals surface area contributed by atoms with Crippen molar-refractivity contribution >= 4 is 5.91 Å². The first-order chi connectivity index (χ1) is 14.2. The number of hydrogen-bond donors (Lipinski definition) is 1. The maximum atomic E-state index is 11.8. The molecule has 3 nitrogen and oxygen atoms in total. The van der Waals surface area contributed by atoms with Gasteiger partial charge in [-0.25, -0.2) is 0 Å². The van der Waals surface area contributed by atoms with Gasteiger partial charge in [-0.05, 0) is 57.1 Å². The van der Waals surface area contributed by atoms with E-state index >= 15 is 0 Å². The molecule has 0 unspecified atom stereocenters. The minimum Gasteiger partial charge on any atom is -0.353 e. The number of nitrogens with one attached hydrogen (secondary N) is 1. The molecule has 1 heterocycles. The number of carbonyl (C=O) groups is 1. The van der Waals surface area contributed by atoms with E-state index in [1.54, 1.807) is 0 Å². The third kappa shape index (κ3) is 14.4. The molecular weight excluding hydrogens is 356 g/mol. The summed E-state index contributed by atoms with van der Waals surface area (Å²) in [6, 6.07) is 4.02. The van der Waals surface area contributed by atoms with E-state index in [2.05, 4.69) is 60.8 Å². The Balaban J connectivity index is 1.94. The Kier molecular flexibility index (Phi) is 15.2. The van der Waals surface area contributed by atoms with Crippen molar-refractivity contribution in [3.8, 4) is 0 Å². The van der Waals surface area contributed by atoms with E-state index < -0.39 is 0 Å². The molecule has 0 saturated heterocycles. The predicted octanol–water partition coefficient (Wildman–Crippen LogP) is 6.79. The Morgan fingerprint density at radius 1 is 0.897 bits per heavy atom. The Hall–Kier alpha value is -2.29. The zero-order chi connectivity index (χ0) is 21.0. The summed E-state index contributed by atoms with van der Waals surface area (Å²) in [4.78, 5) is 11.8. The minimum atomic E-state index is 0.127. The van der Waals surface area contributed by atoms with Crippen molar-refractivity contribution in [2.45, 2.75) is 77.7 Å². The fraction of sp³-hybridized carbons (Fsp3) is 0.500. The van der Waals surface area contributed by atoms with Crippen LogP contribution in [0.25, 0.3) is 0 Å². The lowest BCUT2D eigenvalue weighted by Crippen LogP contribution is -2.23. The Morgan fingerprint density at radius 2 is 1.48 bits per heavy atom. The van der Waals surface area contributed by atoms with Crippen LogP contribution in [0.5, 0.6) is 0 Å². The van der Waals surface area contributed by atoms with Gasteiger partial charge in [-0.3, -0.25) is 4.79 Å². The van der Waals surface area contributed by atoms with Crippen molar-refractivity contribution in [1.82, 2.24) is 9.88 Å². The maximum absolute atomic E-state index is 11.8. The van der Waals surface area contributed by atoms with Gasteiger partial charge in [0.2, 0.25) is 5.91 Å². The third-order valence-electron chi connectivity index (χ3n) is 4.75. The molecule has 0 spiro atoms. The van der Waals surface area contributed by atoms with Crippen LogP contribution in [0.4, 0.5) is 0 Å². The minimum absolute atomic E-state index is 0.127. The molecule has 1 rings (SSSR count). The summed E-state index contributed by atoms with van der Waals surface area (Å²) in [7, 11) is 1.99. The van der Waals surface area contributed by atoms with Crippen LogP contribution in [-0.4, -0.2) is 10.5 Å². The summed E-state index contributed by atoms with van der Waals surface area (Å²) in [6.07, 6.45) is 30.4. The van der Waals surface area contributed by atoms with Crippen LogP contribution in [0.2, 0.25) is 0 Å². The van der Waals surface area contributed by atoms with Crippen molar-refractivity contribution in [2.75, 3.05) is 0 Å². The summed E-state index contributed by atoms with van der Waals surface area (Å²) < 4.78 is 2.03. The second-order valence-corrected chi connectivity index (χ2v) is 7.37. The van der Waals surface area contributed by atoms with Crippen LogP contribution in [0.3, 0.4) is 0 Å². The molecule has 1 aromatic rings. The standard InChI is InChI=1S/C26H40N2O/c1-3-4-5-6-7-8-9-10-11-12-13-14-15-16-17-18-19-22-26(29)27-24-25-21-20-23-28(25)2/h7-8,10-11,13-14,16-17,20-21,23H,3-6,9,12,15,18-19,22,24H2,1-2H3,(H,27,29)/b8-7-,11-10-,14-13-,17-16-. The molecule has 0 saturated carbocycles. The molecule has 0 bridgehead atoms. The average molecular weight is 397 g/mol. The van der Waals surface area contributed by atoms with E-state index in [4.69, 9.17) is 0 Å². The number of allylic oxidation sites excluding steroid dienone is 8. The fourth-order valence-electron chi connectivity index (χ4n) is 2.90. The van der Waals surface area contributed by atoms with Gasteiger partial charge in [0.25, 0.3) is 0 Å². The normalized spacial score (nSPS) is 12.2. The second-order valence-electron chi connectivity index (χ2n) is 7.37. The lowest BCUT2D eigenvalue weighted by molar-refractivity contribution is -0.121. The first kappa shape index (κ1) is 24.7. The first-order valence-electron chi connectivity index (χ1n) is 11.2. The highest BCUT2D eigenvalue weighted by atomic mass is 16.1. The molecular formula is C26H40N2O. The van der Waals surface area contributed by atoms with Gasteiger partial charge >= 0.3 is 0 Å². The zero-order valence-corrected chi connectivity index (χ0v) is 18.5. The maximum Gasteiger partial charge on any atom is 0.220 e. The number of unbranched alkanes of at least 4 members (excludes halogenated alkanes) is 4. The third-order valence-corrected chi connectivity index (χ3v) is 4.75. The topological polar surface area (TPSA) is 34.0 Å². The van der Waals surface area contributed by atoms with E-state index in [9.17, 15) is 4.79 Å². The van der Waals surface area contributed by atoms with Crippen molar-refractivity contribution < 1.29 is 4.79 Å². The van der Waals surface area contributed by atoms with E-state index in [0.29, 0.717) is 13.0 Å². The highest BCUT2D eigenvalue weighted by molar-refractivity contribution is 5.75. The number of hydrogen-bond acceptors (Lipinski definition) is 1. The van der Waals surface area contributed by atoms with Crippen molar-refractivity contribution in [3.63, 3.8) is 0 Å². The monoisotopic (exact) mass is 396 g/mol. The molecule has 3 heteroatoms. The second kappa shape index (κ2) is 17.8. The van der Waals surface area contributed by atoms with Gasteiger partial charge in [-0.2, -0.15) is 0 Å². The molecule has 0 radical (unpaired) electrons. The zero-order valence-electron chi connectivity index (χ0n) is 18.5. The van der Waals surface area contributed by atoms with Crippen molar-refractivity contribution in [3.05, 3.63) is 72.6 Å². The summed E-state index contributed by atoms with van der Waals surface area (Å²) >= 11 is 0. The molecule has 0 aliphatic rings. The highest BCUT2D eigenvalue weighted by Gasteiger charge is 2.02. The van der Waals surface area contributed by atoms with Gasteiger partial charge in [0, 0.05) is 25.4 Å². The van der Waals surface area contributed by atoms with E-state index in [1.807, 2.05) is 29.9 Å². The summed E-state index contributed by atoms with van der Waals surface area (Å²) in [5.41, 5.74) is 1.12. The molecule has 0 fully saturated rings. The van der Waals surface area contributed by atoms with Crippen LogP contribution in [0, 0.1) is 0 Å². The van der Waals surface area contributed by atoms with Crippen LogP contribution < -0.4 is 5.32 Å². The molecule has 0 aromatic carbocycles. The SMILES string of the molecule is CCCCC/C=C\C/C=C\C/C=C\C/C=C\CCCC(=O)NCc1cccn1C. The molecule has 0 aliphatic heterocycles. The number of amides is 1. The van der Waals surface area contributed by atoms with Gasteiger partial charge in [0.15, 0.2) is 0 Å². The molecule has 0 atom stereocenters. The smallest absolute Gasteiger partial charge is 0.220 e. The van der Waals surface area contributed by atoms with Crippen LogP contribution in [-0.2, 0) is 18.4 Å². The van der Waals surface area contributed by atoms with E-state index in [-0.39, 0.29) is 5.91 Å². The molecule has 0 aliphatic carbocycles. The predicted molar refractivity (Wildman–Crippen MR) is 126 cm³/mol. The van der Waals surface area contributed by atoms with Crippen LogP contribution >= 0.6 is 0 Å². The van der Waals surface area contributed by atoms with Crippen molar-refractivity contribution in [1.29, 1.82) is 0 Å². The van der Waals surface area contributed by atoms with Gasteiger partial charge in [0.05, 0.1) is 6.54 Å². The number of rotatable bonds is 16. The Labute approximate surface area is 178 Å². The summed E-state index contributed by atoms with van der Waals surface area (Å²) in [5.74, 6) is 0.127. The lowest BCUT2D eigenvalue weighted by Gasteiger charge is -2.05. The van der Waals surface area contributed by atoms with E-state index in [1.165, 1.54) is 25.7 Å². The molecule has 1 amide bonds. The summed E-state index contributed by atoms with van der Waals surface area (Å²) in [5, 5.41) is 2.97. The number of carbonyl (C=O) groups excluding carboxylic acids is 1. The molecule has 160 valence electrons. The van der Waals surface area contributed by atoms with E-state index in [0.717, 1.165) is 37.8 Å². The van der Waals surface area contributed by atoms with Gasteiger partial charge < -0.3 is 9.88 Å². The quantitative estimate of drug-likeness (QED) is 0.242. The molecule has 1 N–H and O–H groups in total. The Morgan fingerprint density at radius 3 is 2.03 bits per heavy atom. The van der Waals surface area contributed by atoms with Crippen LogP contribution in [0.15, 0.2) is 66.9 Å². The van der Waals surface area contributed by atoms with Gasteiger partial charge in [0.1, 0.15) is 0 Å². The Bertz CT molecular complexity index is 649. The molecule has 29 heavy (non-hydrogen) atoms. The van der Waals surface area contributed by atoms with Crippen LogP contribution in [0.1, 0.15) is 76.8 Å². The lowest BCUT2D eigenvalue weighted by atomic mass is 10.2. The highest BCUT2D eigenvalue weighted by Crippen LogP contribution is 2.02. The van der Waals surface area contributed by atoms with Gasteiger partial charge in [-0.1, -0.05) is 68.4 Å². The first-order valence-corrected chi connectivity index (χ1v) is 11.2. The number of aryl methyl sites for hydroxylation is 1. The van der Waals surface area contributed by atoms with Gasteiger partial charge in [-0.15, -0.1) is 0 Å². The average Bonchev–Trinajstić information content (AvgIpc) is 3.13. The summed E-state index contributed by atoms with van der Waals surface area (Å²) in [6.45, 7) is 2.84. The molecule has 1 aromatic heterocycles. The number of nitrogens with zero attached hydrogens (tertiary/aromatic N) is 1. The van der Waals surface area contributed by atoms with Crippen molar-refractivity contribution in [2.24, 2.45) is 7.05 Å². The number of aromatic nitrogens is 1.